The van der Waals surface area contributed by atoms with Gasteiger partial charge in [-0.3, -0.25) is 19.4 Å². The van der Waals surface area contributed by atoms with Crippen LogP contribution in [-0.4, -0.2) is 67.6 Å². The zero-order valence-corrected chi connectivity index (χ0v) is 18.6. The Labute approximate surface area is 188 Å². The maximum atomic E-state index is 13.4. The van der Waals surface area contributed by atoms with E-state index in [2.05, 4.69) is 10.2 Å². The molecule has 2 amide bonds. The molecule has 32 heavy (non-hydrogen) atoms. The number of hydrogen-bond donors (Lipinski definition) is 1. The molecular formula is C25H29N3O4. The van der Waals surface area contributed by atoms with Gasteiger partial charge in [0, 0.05) is 31.9 Å². The Morgan fingerprint density at radius 1 is 1.00 bits per heavy atom. The number of carbonyl (C=O) groups excluding carboxylic acids is 2. The number of anilines is 1. The second kappa shape index (κ2) is 9.97. The number of carbonyl (C=O) groups is 2. The Kier molecular flexibility index (Phi) is 6.87. The predicted octanol–water partition coefficient (Wildman–Crippen LogP) is 2.92. The second-order valence-electron chi connectivity index (χ2n) is 7.92. The molecule has 0 aromatic heterocycles. The monoisotopic (exact) mass is 435 g/mol. The van der Waals surface area contributed by atoms with Crippen molar-refractivity contribution in [2.45, 2.75) is 13.8 Å². The van der Waals surface area contributed by atoms with Crippen molar-refractivity contribution in [3.63, 3.8) is 0 Å². The lowest BCUT2D eigenvalue weighted by Crippen LogP contribution is -2.43. The van der Waals surface area contributed by atoms with Crippen molar-refractivity contribution < 1.29 is 19.1 Å². The number of morpholine rings is 1. The molecular weight excluding hydrogens is 406 g/mol. The topological polar surface area (TPSA) is 71.1 Å². The third-order valence-corrected chi connectivity index (χ3v) is 5.65. The van der Waals surface area contributed by atoms with Crippen LogP contribution >= 0.6 is 0 Å². The Hall–Kier alpha value is -3.16. The summed E-state index contributed by atoms with van der Waals surface area (Å²) >= 11 is 0. The van der Waals surface area contributed by atoms with Gasteiger partial charge in [0.1, 0.15) is 11.4 Å². The molecule has 2 heterocycles. The molecule has 0 atom stereocenters. The van der Waals surface area contributed by atoms with Crippen LogP contribution in [0, 0.1) is 6.92 Å². The third-order valence-electron chi connectivity index (χ3n) is 5.65. The van der Waals surface area contributed by atoms with Crippen molar-refractivity contribution in [3.05, 3.63) is 65.4 Å². The summed E-state index contributed by atoms with van der Waals surface area (Å²) in [4.78, 5) is 30.3. The second-order valence-corrected chi connectivity index (χ2v) is 7.92. The largest absolute Gasteiger partial charge is 0.494 e. The molecule has 0 unspecified atom stereocenters. The van der Waals surface area contributed by atoms with Crippen LogP contribution in [0.25, 0.3) is 5.57 Å². The summed E-state index contributed by atoms with van der Waals surface area (Å²) in [5.41, 5.74) is 3.24. The lowest BCUT2D eigenvalue weighted by Gasteiger charge is -2.28. The number of benzene rings is 2. The van der Waals surface area contributed by atoms with E-state index in [1.165, 1.54) is 4.90 Å². The van der Waals surface area contributed by atoms with Crippen LogP contribution in [0.2, 0.25) is 0 Å². The van der Waals surface area contributed by atoms with Crippen LogP contribution in [0.1, 0.15) is 18.1 Å². The summed E-state index contributed by atoms with van der Waals surface area (Å²) in [6, 6.07) is 15.1. The minimum absolute atomic E-state index is 0.275. The van der Waals surface area contributed by atoms with E-state index in [0.717, 1.165) is 30.1 Å². The van der Waals surface area contributed by atoms with Crippen LogP contribution in [0.4, 0.5) is 5.69 Å². The first-order chi connectivity index (χ1) is 15.6. The highest BCUT2D eigenvalue weighted by atomic mass is 16.5. The van der Waals surface area contributed by atoms with Crippen molar-refractivity contribution >= 4 is 23.1 Å². The van der Waals surface area contributed by atoms with Crippen LogP contribution in [-0.2, 0) is 14.3 Å². The van der Waals surface area contributed by atoms with E-state index in [0.29, 0.717) is 49.7 Å². The zero-order valence-electron chi connectivity index (χ0n) is 18.6. The van der Waals surface area contributed by atoms with Crippen molar-refractivity contribution in [3.8, 4) is 5.75 Å². The molecule has 0 radical (unpaired) electrons. The molecule has 1 fully saturated rings. The Morgan fingerprint density at radius 2 is 1.75 bits per heavy atom. The smallest absolute Gasteiger partial charge is 0.278 e. The first-order valence-corrected chi connectivity index (χ1v) is 11.0. The molecule has 4 rings (SSSR count). The Balaban J connectivity index is 1.62. The molecule has 1 saturated heterocycles. The van der Waals surface area contributed by atoms with Gasteiger partial charge in [-0.2, -0.15) is 0 Å². The van der Waals surface area contributed by atoms with E-state index in [1.54, 1.807) is 0 Å². The van der Waals surface area contributed by atoms with Gasteiger partial charge in [0.15, 0.2) is 0 Å². The van der Waals surface area contributed by atoms with Gasteiger partial charge in [0.2, 0.25) is 0 Å². The minimum Gasteiger partial charge on any atom is -0.494 e. The summed E-state index contributed by atoms with van der Waals surface area (Å²) in [5.74, 6) is 0.155. The van der Waals surface area contributed by atoms with Crippen LogP contribution in [0.3, 0.4) is 0 Å². The summed E-state index contributed by atoms with van der Waals surface area (Å²) in [7, 11) is 0. The van der Waals surface area contributed by atoms with E-state index < -0.39 is 0 Å². The van der Waals surface area contributed by atoms with Gasteiger partial charge in [0.05, 0.1) is 25.4 Å². The molecule has 0 bridgehead atoms. The summed E-state index contributed by atoms with van der Waals surface area (Å²) in [6.07, 6.45) is 0. The van der Waals surface area contributed by atoms with E-state index in [1.807, 2.05) is 62.4 Å². The number of nitrogens with one attached hydrogen (secondary N) is 1. The highest BCUT2D eigenvalue weighted by molar-refractivity contribution is 6.36. The number of amides is 2. The molecule has 7 heteroatoms. The predicted molar refractivity (Wildman–Crippen MR) is 123 cm³/mol. The van der Waals surface area contributed by atoms with Gasteiger partial charge < -0.3 is 14.8 Å². The molecule has 0 spiro atoms. The Bertz CT molecular complexity index is 1010. The molecule has 7 nitrogen and oxygen atoms in total. The van der Waals surface area contributed by atoms with Crippen molar-refractivity contribution in [2.24, 2.45) is 0 Å². The van der Waals surface area contributed by atoms with Gasteiger partial charge in [-0.15, -0.1) is 0 Å². The highest BCUT2D eigenvalue weighted by Gasteiger charge is 2.39. The fraction of sp³-hybridized carbons (Fsp3) is 0.360. The van der Waals surface area contributed by atoms with Crippen molar-refractivity contribution in [1.29, 1.82) is 0 Å². The normalized spacial score (nSPS) is 17.2. The van der Waals surface area contributed by atoms with Crippen molar-refractivity contribution in [2.75, 3.05) is 51.3 Å². The summed E-state index contributed by atoms with van der Waals surface area (Å²) in [6.45, 7) is 8.43. The first-order valence-electron chi connectivity index (χ1n) is 11.0. The van der Waals surface area contributed by atoms with E-state index >= 15 is 0 Å². The quantitative estimate of drug-likeness (QED) is 0.643. The van der Waals surface area contributed by atoms with Crippen molar-refractivity contribution in [1.82, 2.24) is 9.80 Å². The Morgan fingerprint density at radius 3 is 2.44 bits per heavy atom. The van der Waals surface area contributed by atoms with E-state index in [4.69, 9.17) is 9.47 Å². The number of aryl methyl sites for hydroxylation is 1. The molecule has 2 aromatic rings. The molecule has 0 saturated carbocycles. The molecule has 2 aromatic carbocycles. The lowest BCUT2D eigenvalue weighted by atomic mass is 10.0. The molecule has 168 valence electrons. The lowest BCUT2D eigenvalue weighted by molar-refractivity contribution is -0.137. The van der Waals surface area contributed by atoms with E-state index in [9.17, 15) is 9.59 Å². The zero-order chi connectivity index (χ0) is 22.5. The fourth-order valence-corrected chi connectivity index (χ4v) is 3.98. The summed E-state index contributed by atoms with van der Waals surface area (Å²) < 4.78 is 10.9. The average Bonchev–Trinajstić information content (AvgIpc) is 3.03. The van der Waals surface area contributed by atoms with Gasteiger partial charge in [-0.05, 0) is 49.2 Å². The fourth-order valence-electron chi connectivity index (χ4n) is 3.98. The SMILES string of the molecule is CCOc1ccc(C2=C(Nc3cccc(C)c3)C(=O)N(CCN3CCOCC3)C2=O)cc1. The number of nitrogens with zero attached hydrogens (tertiary/aromatic N) is 2. The maximum Gasteiger partial charge on any atom is 0.278 e. The van der Waals surface area contributed by atoms with Gasteiger partial charge in [-0.25, -0.2) is 0 Å². The maximum absolute atomic E-state index is 13.4. The minimum atomic E-state index is -0.298. The highest BCUT2D eigenvalue weighted by Crippen LogP contribution is 2.31. The first kappa shape index (κ1) is 22.0. The number of hydrogen-bond acceptors (Lipinski definition) is 6. The van der Waals surface area contributed by atoms with Crippen LogP contribution in [0.15, 0.2) is 54.2 Å². The molecule has 1 N–H and O–H groups in total. The molecule has 2 aliphatic rings. The van der Waals surface area contributed by atoms with Gasteiger partial charge in [-0.1, -0.05) is 24.3 Å². The van der Waals surface area contributed by atoms with Crippen LogP contribution < -0.4 is 10.1 Å². The van der Waals surface area contributed by atoms with Gasteiger partial charge in [0.25, 0.3) is 11.8 Å². The number of rotatable bonds is 8. The average molecular weight is 436 g/mol. The van der Waals surface area contributed by atoms with Gasteiger partial charge >= 0.3 is 0 Å². The third kappa shape index (κ3) is 4.84. The number of ether oxygens (including phenoxy) is 2. The molecule has 0 aliphatic carbocycles. The van der Waals surface area contributed by atoms with E-state index in [-0.39, 0.29) is 11.8 Å². The summed E-state index contributed by atoms with van der Waals surface area (Å²) in [5, 5.41) is 3.22. The standard InChI is InChI=1S/C25H29N3O4/c1-3-32-21-9-7-19(8-10-21)22-23(26-20-6-4-5-18(2)17-20)25(30)28(24(22)29)12-11-27-13-15-31-16-14-27/h4-10,17,26H,3,11-16H2,1-2H3. The van der Waals surface area contributed by atoms with Crippen LogP contribution in [0.5, 0.6) is 5.75 Å². The number of imide groups is 1. The molecule has 2 aliphatic heterocycles.